The van der Waals surface area contributed by atoms with Gasteiger partial charge in [-0.15, -0.1) is 0 Å². The Balaban J connectivity index is 1.99. The molecule has 1 aliphatic carbocycles. The van der Waals surface area contributed by atoms with Crippen molar-refractivity contribution in [2.45, 2.75) is 44.3 Å². The van der Waals surface area contributed by atoms with Crippen LogP contribution in [0.5, 0.6) is 0 Å². The van der Waals surface area contributed by atoms with Gasteiger partial charge in [0.25, 0.3) is 0 Å². The van der Waals surface area contributed by atoms with E-state index in [1.54, 1.807) is 0 Å². The van der Waals surface area contributed by atoms with Crippen molar-refractivity contribution in [3.63, 3.8) is 0 Å². The third-order valence-electron chi connectivity index (χ3n) is 3.40. The molecule has 17 heavy (non-hydrogen) atoms. The summed E-state index contributed by atoms with van der Waals surface area (Å²) < 4.78 is 0. The molecule has 4 heteroatoms. The molecular formula is C13H18Cl2N2. The summed E-state index contributed by atoms with van der Waals surface area (Å²) in [4.78, 5) is 0. The lowest BCUT2D eigenvalue weighted by Gasteiger charge is -2.20. The summed E-state index contributed by atoms with van der Waals surface area (Å²) in [7, 11) is 0. The van der Waals surface area contributed by atoms with Crippen LogP contribution in [0.15, 0.2) is 18.2 Å². The van der Waals surface area contributed by atoms with Crippen LogP contribution in [-0.2, 0) is 0 Å². The van der Waals surface area contributed by atoms with Crippen molar-refractivity contribution in [2.75, 3.05) is 0 Å². The fraction of sp³-hybridized carbons (Fsp3) is 0.538. The molecule has 1 fully saturated rings. The molecule has 0 heterocycles. The molecular weight excluding hydrogens is 255 g/mol. The minimum Gasteiger partial charge on any atom is -0.328 e. The minimum atomic E-state index is 0.278. The Bertz CT molecular complexity index is 395. The van der Waals surface area contributed by atoms with Crippen molar-refractivity contribution in [3.8, 4) is 0 Å². The number of benzene rings is 1. The van der Waals surface area contributed by atoms with Crippen LogP contribution in [0.1, 0.15) is 37.8 Å². The van der Waals surface area contributed by atoms with Gasteiger partial charge < -0.3 is 11.1 Å². The fourth-order valence-corrected chi connectivity index (χ4v) is 2.71. The van der Waals surface area contributed by atoms with E-state index < -0.39 is 0 Å². The summed E-state index contributed by atoms with van der Waals surface area (Å²) in [6, 6.07) is 6.94. The Morgan fingerprint density at radius 2 is 2.06 bits per heavy atom. The Hall–Kier alpha value is -0.280. The Morgan fingerprint density at radius 1 is 1.29 bits per heavy atom. The molecule has 0 radical (unpaired) electrons. The maximum atomic E-state index is 6.02. The molecule has 0 amide bonds. The fourth-order valence-electron chi connectivity index (χ4n) is 2.40. The molecule has 2 rings (SSSR count). The van der Waals surface area contributed by atoms with Crippen molar-refractivity contribution in [2.24, 2.45) is 5.73 Å². The zero-order chi connectivity index (χ0) is 12.4. The highest BCUT2D eigenvalue weighted by Crippen LogP contribution is 2.27. The van der Waals surface area contributed by atoms with Gasteiger partial charge in [-0.2, -0.15) is 0 Å². The van der Waals surface area contributed by atoms with Gasteiger partial charge in [0.2, 0.25) is 0 Å². The monoisotopic (exact) mass is 272 g/mol. The minimum absolute atomic E-state index is 0.278. The lowest BCUT2D eigenvalue weighted by atomic mass is 10.1. The number of nitrogens with two attached hydrogens (primary N) is 1. The van der Waals surface area contributed by atoms with Crippen LogP contribution in [-0.4, -0.2) is 12.1 Å². The zero-order valence-electron chi connectivity index (χ0n) is 9.92. The van der Waals surface area contributed by atoms with E-state index in [4.69, 9.17) is 28.9 Å². The van der Waals surface area contributed by atoms with E-state index in [0.717, 1.165) is 19.3 Å². The first-order chi connectivity index (χ1) is 8.06. The van der Waals surface area contributed by atoms with Gasteiger partial charge in [0.1, 0.15) is 0 Å². The Kier molecular flexibility index (Phi) is 4.31. The second-order valence-corrected chi connectivity index (χ2v) is 5.65. The first-order valence-electron chi connectivity index (χ1n) is 6.03. The Labute approximate surface area is 112 Å². The highest BCUT2D eigenvalue weighted by Gasteiger charge is 2.23. The summed E-state index contributed by atoms with van der Waals surface area (Å²) in [5.74, 6) is 0. The number of nitrogens with one attached hydrogen (secondary N) is 1. The molecule has 0 aromatic heterocycles. The van der Waals surface area contributed by atoms with Crippen molar-refractivity contribution >= 4 is 23.2 Å². The molecule has 1 aromatic carbocycles. The molecule has 0 spiro atoms. The summed E-state index contributed by atoms with van der Waals surface area (Å²) in [5, 5.41) is 4.80. The molecule has 3 atom stereocenters. The SMILES string of the molecule is CC(NC1CCC(N)C1)c1ccc(Cl)c(Cl)c1. The number of hydrogen-bond acceptors (Lipinski definition) is 2. The summed E-state index contributed by atoms with van der Waals surface area (Å²) >= 11 is 11.9. The van der Waals surface area contributed by atoms with E-state index in [0.29, 0.717) is 22.1 Å². The third kappa shape index (κ3) is 3.35. The average molecular weight is 273 g/mol. The summed E-state index contributed by atoms with van der Waals surface area (Å²) in [6.45, 7) is 2.14. The molecule has 1 saturated carbocycles. The molecule has 0 saturated heterocycles. The van der Waals surface area contributed by atoms with Gasteiger partial charge in [0.15, 0.2) is 0 Å². The van der Waals surface area contributed by atoms with Crippen LogP contribution in [0.3, 0.4) is 0 Å². The van der Waals surface area contributed by atoms with Crippen LogP contribution in [0.25, 0.3) is 0 Å². The molecule has 2 nitrogen and oxygen atoms in total. The number of hydrogen-bond donors (Lipinski definition) is 2. The van der Waals surface area contributed by atoms with E-state index >= 15 is 0 Å². The normalized spacial score (nSPS) is 26.1. The molecule has 3 unspecified atom stereocenters. The number of rotatable bonds is 3. The van der Waals surface area contributed by atoms with Crippen molar-refractivity contribution in [1.29, 1.82) is 0 Å². The third-order valence-corrected chi connectivity index (χ3v) is 4.14. The lowest BCUT2D eigenvalue weighted by Crippen LogP contribution is -2.30. The smallest absolute Gasteiger partial charge is 0.0595 e. The van der Waals surface area contributed by atoms with Crippen LogP contribution >= 0.6 is 23.2 Å². The lowest BCUT2D eigenvalue weighted by molar-refractivity contribution is 0.457. The topological polar surface area (TPSA) is 38.0 Å². The summed E-state index contributed by atoms with van der Waals surface area (Å²) in [5.41, 5.74) is 7.07. The second-order valence-electron chi connectivity index (χ2n) is 4.83. The van der Waals surface area contributed by atoms with Gasteiger partial charge >= 0.3 is 0 Å². The first-order valence-corrected chi connectivity index (χ1v) is 6.78. The largest absolute Gasteiger partial charge is 0.328 e. The Morgan fingerprint density at radius 3 is 2.65 bits per heavy atom. The van der Waals surface area contributed by atoms with Crippen LogP contribution < -0.4 is 11.1 Å². The standard InChI is InChI=1S/C13H18Cl2N2/c1-8(17-11-4-3-10(16)7-11)9-2-5-12(14)13(15)6-9/h2,5-6,8,10-11,17H,3-4,7,16H2,1H3. The first kappa shape index (κ1) is 13.2. The van der Waals surface area contributed by atoms with Crippen molar-refractivity contribution < 1.29 is 0 Å². The molecule has 0 aliphatic heterocycles. The highest BCUT2D eigenvalue weighted by molar-refractivity contribution is 6.42. The van der Waals surface area contributed by atoms with Crippen molar-refractivity contribution in [3.05, 3.63) is 33.8 Å². The van der Waals surface area contributed by atoms with Crippen LogP contribution in [0.4, 0.5) is 0 Å². The maximum absolute atomic E-state index is 6.02. The van der Waals surface area contributed by atoms with Crippen molar-refractivity contribution in [1.82, 2.24) is 5.32 Å². The van der Waals surface area contributed by atoms with E-state index in [-0.39, 0.29) is 6.04 Å². The van der Waals surface area contributed by atoms with Gasteiger partial charge in [-0.25, -0.2) is 0 Å². The van der Waals surface area contributed by atoms with Crippen LogP contribution in [0, 0.1) is 0 Å². The van der Waals surface area contributed by atoms with Crippen LogP contribution in [0.2, 0.25) is 10.0 Å². The zero-order valence-corrected chi connectivity index (χ0v) is 11.4. The highest BCUT2D eigenvalue weighted by atomic mass is 35.5. The van der Waals surface area contributed by atoms with E-state index in [1.807, 2.05) is 18.2 Å². The predicted molar refractivity (Wildman–Crippen MR) is 73.6 cm³/mol. The molecule has 0 bridgehead atoms. The van der Waals surface area contributed by atoms with Gasteiger partial charge in [-0.05, 0) is 43.9 Å². The second kappa shape index (κ2) is 5.57. The molecule has 3 N–H and O–H groups in total. The van der Waals surface area contributed by atoms with E-state index in [2.05, 4.69) is 12.2 Å². The van der Waals surface area contributed by atoms with Gasteiger partial charge in [0.05, 0.1) is 10.0 Å². The maximum Gasteiger partial charge on any atom is 0.0595 e. The van der Waals surface area contributed by atoms with E-state index in [1.165, 1.54) is 5.56 Å². The van der Waals surface area contributed by atoms with Gasteiger partial charge in [-0.3, -0.25) is 0 Å². The average Bonchev–Trinajstić information content (AvgIpc) is 2.68. The predicted octanol–water partition coefficient (Wildman–Crippen LogP) is 3.52. The van der Waals surface area contributed by atoms with E-state index in [9.17, 15) is 0 Å². The molecule has 94 valence electrons. The quantitative estimate of drug-likeness (QED) is 0.884. The van der Waals surface area contributed by atoms with Gasteiger partial charge in [-0.1, -0.05) is 29.3 Å². The number of halogens is 2. The molecule has 1 aliphatic rings. The molecule has 1 aromatic rings. The van der Waals surface area contributed by atoms with Gasteiger partial charge in [0, 0.05) is 18.1 Å². The summed E-state index contributed by atoms with van der Waals surface area (Å²) in [6.07, 6.45) is 3.34.